The number of hydrogen-bond donors (Lipinski definition) is 1. The van der Waals surface area contributed by atoms with Gasteiger partial charge in [0.25, 0.3) is 0 Å². The summed E-state index contributed by atoms with van der Waals surface area (Å²) in [5.74, 6) is 1.08. The first-order valence-electron chi connectivity index (χ1n) is 11.7. The van der Waals surface area contributed by atoms with Crippen LogP contribution in [-0.2, 0) is 24.4 Å². The minimum atomic E-state index is -0.764. The van der Waals surface area contributed by atoms with Crippen LogP contribution in [0, 0.1) is 5.82 Å². The average Bonchev–Trinajstić information content (AvgIpc) is 2.84. The predicted molar refractivity (Wildman–Crippen MR) is 135 cm³/mol. The van der Waals surface area contributed by atoms with Gasteiger partial charge >= 0.3 is 12.2 Å². The molecule has 0 atom stereocenters. The molecule has 9 heteroatoms. The van der Waals surface area contributed by atoms with Crippen LogP contribution in [0.3, 0.4) is 0 Å². The zero-order valence-electron chi connectivity index (χ0n) is 21.2. The fourth-order valence-electron chi connectivity index (χ4n) is 3.71. The van der Waals surface area contributed by atoms with Crippen molar-refractivity contribution in [3.63, 3.8) is 0 Å². The Balaban J connectivity index is 1.40. The van der Waals surface area contributed by atoms with Gasteiger partial charge in [-0.1, -0.05) is 24.3 Å². The number of carbonyl (C=O) groups is 2. The molecule has 8 nitrogen and oxygen atoms in total. The lowest BCUT2D eigenvalue weighted by molar-refractivity contribution is 0.0635. The van der Waals surface area contributed by atoms with Gasteiger partial charge in [-0.25, -0.2) is 14.0 Å². The number of halogens is 1. The molecule has 0 bridgehead atoms. The summed E-state index contributed by atoms with van der Waals surface area (Å²) in [6.07, 6.45) is -1.37. The van der Waals surface area contributed by atoms with Crippen LogP contribution in [-0.4, -0.2) is 29.8 Å². The average molecular weight is 509 g/mol. The molecule has 4 rings (SSSR count). The molecule has 0 aromatic heterocycles. The number of nitrogens with one attached hydrogen (secondary N) is 1. The van der Waals surface area contributed by atoms with Gasteiger partial charge < -0.3 is 18.9 Å². The Morgan fingerprint density at radius 1 is 1.08 bits per heavy atom. The van der Waals surface area contributed by atoms with Gasteiger partial charge in [0.15, 0.2) is 5.82 Å². The number of nitrogens with zero attached hydrogens (tertiary/aromatic N) is 1. The first-order chi connectivity index (χ1) is 17.6. The molecular weight excluding hydrogens is 479 g/mol. The Morgan fingerprint density at radius 3 is 2.51 bits per heavy atom. The van der Waals surface area contributed by atoms with E-state index in [1.807, 2.05) is 30.3 Å². The van der Waals surface area contributed by atoms with E-state index in [-0.39, 0.29) is 24.3 Å². The number of ether oxygens (including phenoxy) is 4. The fourth-order valence-corrected chi connectivity index (χ4v) is 3.71. The summed E-state index contributed by atoms with van der Waals surface area (Å²) in [4.78, 5) is 26.1. The zero-order valence-corrected chi connectivity index (χ0v) is 21.2. The van der Waals surface area contributed by atoms with E-state index >= 15 is 4.39 Å². The number of fused-ring (bicyclic) bond motifs is 1. The van der Waals surface area contributed by atoms with Gasteiger partial charge in [0.05, 0.1) is 25.9 Å². The Hall–Kier alpha value is -4.27. The van der Waals surface area contributed by atoms with Crippen molar-refractivity contribution in [1.29, 1.82) is 0 Å². The molecule has 194 valence electrons. The van der Waals surface area contributed by atoms with E-state index < -0.39 is 23.6 Å². The summed E-state index contributed by atoms with van der Waals surface area (Å²) in [7, 11) is 1.61. The van der Waals surface area contributed by atoms with Gasteiger partial charge in [-0.3, -0.25) is 10.2 Å². The minimum Gasteiger partial charge on any atom is -0.497 e. The second kappa shape index (κ2) is 10.8. The largest absolute Gasteiger partial charge is 0.497 e. The van der Waals surface area contributed by atoms with Crippen LogP contribution < -0.4 is 19.5 Å². The van der Waals surface area contributed by atoms with E-state index in [1.54, 1.807) is 52.1 Å². The number of hydrogen-bond acceptors (Lipinski definition) is 6. The van der Waals surface area contributed by atoms with Gasteiger partial charge in [0, 0.05) is 17.2 Å². The van der Waals surface area contributed by atoms with Crippen LogP contribution in [0.5, 0.6) is 17.2 Å². The minimum absolute atomic E-state index is 0.0313. The van der Waals surface area contributed by atoms with Crippen molar-refractivity contribution in [3.05, 3.63) is 83.2 Å². The van der Waals surface area contributed by atoms with Crippen molar-refractivity contribution in [2.75, 3.05) is 12.4 Å². The van der Waals surface area contributed by atoms with Crippen LogP contribution >= 0.6 is 0 Å². The highest BCUT2D eigenvalue weighted by Crippen LogP contribution is 2.32. The Kier molecular flexibility index (Phi) is 7.52. The van der Waals surface area contributed by atoms with E-state index in [0.717, 1.165) is 16.9 Å². The molecule has 3 aromatic rings. The van der Waals surface area contributed by atoms with Crippen molar-refractivity contribution in [1.82, 2.24) is 4.90 Å². The topological polar surface area (TPSA) is 86.3 Å². The lowest BCUT2D eigenvalue weighted by Gasteiger charge is -2.28. The van der Waals surface area contributed by atoms with Crippen molar-refractivity contribution in [2.24, 2.45) is 0 Å². The van der Waals surface area contributed by atoms with Gasteiger partial charge in [0.1, 0.15) is 29.5 Å². The summed E-state index contributed by atoms with van der Waals surface area (Å²) in [6, 6.07) is 17.4. The van der Waals surface area contributed by atoms with E-state index in [2.05, 4.69) is 5.32 Å². The standard InChI is InChI=1S/C28H29FN2O6/c1-28(2,3)37-26(32)30-23-7-5-6-20(25(23)29)16-31-15-19-10-13-22(14-24(19)36-27(31)33)35-17-18-8-11-21(34-4)12-9-18/h5-14H,15-17H2,1-4H3,(H,30,32). The highest BCUT2D eigenvalue weighted by molar-refractivity contribution is 5.85. The van der Waals surface area contributed by atoms with E-state index in [4.69, 9.17) is 18.9 Å². The van der Waals surface area contributed by atoms with E-state index in [1.165, 1.54) is 11.0 Å². The highest BCUT2D eigenvalue weighted by atomic mass is 19.1. The summed E-state index contributed by atoms with van der Waals surface area (Å²) in [5.41, 5.74) is 1.21. The molecule has 0 fully saturated rings. The maximum Gasteiger partial charge on any atom is 0.415 e. The smallest absolute Gasteiger partial charge is 0.415 e. The number of rotatable bonds is 7. The number of amides is 2. The molecule has 0 spiro atoms. The second-order valence-electron chi connectivity index (χ2n) is 9.54. The van der Waals surface area contributed by atoms with Crippen molar-refractivity contribution in [3.8, 4) is 17.2 Å². The third-order valence-electron chi connectivity index (χ3n) is 5.50. The van der Waals surface area contributed by atoms with Gasteiger partial charge in [-0.2, -0.15) is 0 Å². The zero-order chi connectivity index (χ0) is 26.6. The third kappa shape index (κ3) is 6.69. The molecule has 1 heterocycles. The van der Waals surface area contributed by atoms with Crippen LogP contribution in [0.4, 0.5) is 19.7 Å². The quantitative estimate of drug-likeness (QED) is 0.405. The monoisotopic (exact) mass is 508 g/mol. The van der Waals surface area contributed by atoms with Crippen molar-refractivity contribution < 1.29 is 32.9 Å². The number of anilines is 1. The Morgan fingerprint density at radius 2 is 1.81 bits per heavy atom. The molecule has 1 N–H and O–H groups in total. The van der Waals surface area contributed by atoms with E-state index in [0.29, 0.717) is 18.1 Å². The molecule has 37 heavy (non-hydrogen) atoms. The maximum atomic E-state index is 15.1. The maximum absolute atomic E-state index is 15.1. The summed E-state index contributed by atoms with van der Waals surface area (Å²) < 4.78 is 36.8. The van der Waals surface area contributed by atoms with E-state index in [9.17, 15) is 9.59 Å². The highest BCUT2D eigenvalue weighted by Gasteiger charge is 2.27. The number of methoxy groups -OCH3 is 1. The van der Waals surface area contributed by atoms with Gasteiger partial charge in [0.2, 0.25) is 0 Å². The molecular formula is C28H29FN2O6. The lowest BCUT2D eigenvalue weighted by Crippen LogP contribution is -2.36. The second-order valence-corrected chi connectivity index (χ2v) is 9.54. The van der Waals surface area contributed by atoms with Gasteiger partial charge in [-0.15, -0.1) is 0 Å². The molecule has 0 aliphatic carbocycles. The van der Waals surface area contributed by atoms with Crippen LogP contribution in [0.15, 0.2) is 60.7 Å². The summed E-state index contributed by atoms with van der Waals surface area (Å²) in [6.45, 7) is 5.69. The van der Waals surface area contributed by atoms with Crippen LogP contribution in [0.25, 0.3) is 0 Å². The summed E-state index contributed by atoms with van der Waals surface area (Å²) in [5, 5.41) is 2.42. The molecule has 0 radical (unpaired) electrons. The number of carbonyl (C=O) groups excluding carboxylic acids is 2. The number of benzene rings is 3. The first-order valence-corrected chi connectivity index (χ1v) is 11.7. The van der Waals surface area contributed by atoms with Crippen molar-refractivity contribution >= 4 is 17.9 Å². The normalized spacial score (nSPS) is 12.9. The fraction of sp³-hybridized carbons (Fsp3) is 0.286. The molecule has 2 amide bonds. The van der Waals surface area contributed by atoms with Crippen LogP contribution in [0.2, 0.25) is 0 Å². The Bertz CT molecular complexity index is 1290. The summed E-state index contributed by atoms with van der Waals surface area (Å²) >= 11 is 0. The first kappa shape index (κ1) is 25.8. The Labute approximate surface area is 214 Å². The molecule has 1 aliphatic heterocycles. The van der Waals surface area contributed by atoms with Crippen LogP contribution in [0.1, 0.15) is 37.5 Å². The molecule has 3 aromatic carbocycles. The molecule has 0 saturated carbocycles. The molecule has 1 aliphatic rings. The van der Waals surface area contributed by atoms with Crippen molar-refractivity contribution in [2.45, 2.75) is 46.1 Å². The third-order valence-corrected chi connectivity index (χ3v) is 5.50. The predicted octanol–water partition coefficient (Wildman–Crippen LogP) is 6.27. The molecule has 0 saturated heterocycles. The SMILES string of the molecule is COc1ccc(COc2ccc3c(c2)OC(=O)N(Cc2cccc(NC(=O)OC(C)(C)C)c2F)C3)cc1. The van der Waals surface area contributed by atoms with Gasteiger partial charge in [-0.05, 0) is 56.7 Å². The molecule has 0 unspecified atom stereocenters. The lowest BCUT2D eigenvalue weighted by atomic mass is 10.1.